The topological polar surface area (TPSA) is 49.4 Å². The molecule has 20 heavy (non-hydrogen) atoms. The van der Waals surface area contributed by atoms with Crippen molar-refractivity contribution in [1.82, 2.24) is 5.32 Å². The first-order chi connectivity index (χ1) is 9.41. The molecule has 1 aliphatic carbocycles. The first-order valence-electron chi connectivity index (χ1n) is 6.81. The van der Waals surface area contributed by atoms with Crippen molar-refractivity contribution in [2.75, 3.05) is 11.4 Å². The van der Waals surface area contributed by atoms with E-state index in [1.165, 1.54) is 4.90 Å². The van der Waals surface area contributed by atoms with E-state index in [0.717, 1.165) is 18.4 Å². The van der Waals surface area contributed by atoms with Crippen LogP contribution in [0.2, 0.25) is 5.02 Å². The van der Waals surface area contributed by atoms with E-state index in [2.05, 4.69) is 5.32 Å². The van der Waals surface area contributed by atoms with Crippen LogP contribution >= 0.6 is 11.6 Å². The normalized spacial score (nSPS) is 26.6. The van der Waals surface area contributed by atoms with Gasteiger partial charge in [0.25, 0.3) is 5.91 Å². The Hall–Kier alpha value is -1.55. The maximum absolute atomic E-state index is 12.8. The molecule has 1 heterocycles. The largest absolute Gasteiger partial charge is 0.340 e. The number of aryl methyl sites for hydroxylation is 1. The second-order valence-electron chi connectivity index (χ2n) is 5.87. The van der Waals surface area contributed by atoms with Gasteiger partial charge < -0.3 is 5.32 Å². The third-order valence-electron chi connectivity index (χ3n) is 4.18. The summed E-state index contributed by atoms with van der Waals surface area (Å²) in [6.45, 7) is 3.79. The average molecular weight is 293 g/mol. The van der Waals surface area contributed by atoms with E-state index < -0.39 is 5.54 Å². The van der Waals surface area contributed by atoms with Crippen molar-refractivity contribution in [3.8, 4) is 0 Å². The zero-order chi connectivity index (χ0) is 14.5. The third kappa shape index (κ3) is 2.08. The van der Waals surface area contributed by atoms with Crippen LogP contribution in [0.1, 0.15) is 25.3 Å². The molecule has 2 aliphatic rings. The SMILES string of the molecule is Cc1ccc(N2CC(=O)NC(C)(C3CC3)C2=O)c(Cl)c1. The second-order valence-corrected chi connectivity index (χ2v) is 6.28. The highest BCUT2D eigenvalue weighted by Gasteiger charge is 2.53. The standard InChI is InChI=1S/C15H17ClN2O2/c1-9-3-6-12(11(16)7-9)18-8-13(19)17-15(2,14(18)20)10-4-5-10/h3,6-7,10H,4-5,8H2,1-2H3,(H,17,19). The number of hydrogen-bond donors (Lipinski definition) is 1. The Morgan fingerprint density at radius 1 is 1.35 bits per heavy atom. The lowest BCUT2D eigenvalue weighted by molar-refractivity contribution is -0.136. The lowest BCUT2D eigenvalue weighted by Crippen LogP contribution is -2.66. The molecule has 1 aromatic carbocycles. The molecule has 3 rings (SSSR count). The number of carbonyl (C=O) groups excluding carboxylic acids is 2. The van der Waals surface area contributed by atoms with E-state index in [0.29, 0.717) is 10.7 Å². The number of rotatable bonds is 2. The molecule has 1 aromatic rings. The Labute approximate surface area is 123 Å². The maximum atomic E-state index is 12.8. The van der Waals surface area contributed by atoms with Crippen LogP contribution in [0.3, 0.4) is 0 Å². The predicted molar refractivity (Wildman–Crippen MR) is 77.8 cm³/mol. The van der Waals surface area contributed by atoms with Crippen molar-refractivity contribution >= 4 is 29.1 Å². The Kier molecular flexibility index (Phi) is 3.01. The molecule has 1 saturated heterocycles. The molecule has 106 valence electrons. The number of piperazine rings is 1. The van der Waals surface area contributed by atoms with Crippen LogP contribution in [0.5, 0.6) is 0 Å². The van der Waals surface area contributed by atoms with Crippen LogP contribution in [-0.2, 0) is 9.59 Å². The van der Waals surface area contributed by atoms with Crippen LogP contribution < -0.4 is 10.2 Å². The first kappa shape index (κ1) is 13.4. The van der Waals surface area contributed by atoms with Gasteiger partial charge in [-0.25, -0.2) is 0 Å². The Morgan fingerprint density at radius 3 is 2.65 bits per heavy atom. The maximum Gasteiger partial charge on any atom is 0.253 e. The molecule has 4 nitrogen and oxygen atoms in total. The molecule has 1 unspecified atom stereocenters. The number of nitrogens with one attached hydrogen (secondary N) is 1. The zero-order valence-electron chi connectivity index (χ0n) is 11.6. The molecule has 1 atom stereocenters. The lowest BCUT2D eigenvalue weighted by Gasteiger charge is -2.40. The molecule has 1 aliphatic heterocycles. The molecule has 1 N–H and O–H groups in total. The van der Waals surface area contributed by atoms with Gasteiger partial charge in [0.05, 0.1) is 10.7 Å². The summed E-state index contributed by atoms with van der Waals surface area (Å²) in [6.07, 6.45) is 1.97. The van der Waals surface area contributed by atoms with Gasteiger partial charge in [0.1, 0.15) is 12.1 Å². The number of nitrogens with zero attached hydrogens (tertiary/aromatic N) is 1. The smallest absolute Gasteiger partial charge is 0.253 e. The number of hydrogen-bond acceptors (Lipinski definition) is 2. The fourth-order valence-electron chi connectivity index (χ4n) is 2.84. The second kappa shape index (κ2) is 4.48. The minimum atomic E-state index is -0.788. The van der Waals surface area contributed by atoms with E-state index in [1.54, 1.807) is 0 Å². The summed E-state index contributed by atoms with van der Waals surface area (Å²) < 4.78 is 0. The number of amides is 2. The van der Waals surface area contributed by atoms with Gasteiger partial charge in [-0.15, -0.1) is 0 Å². The Morgan fingerprint density at radius 2 is 2.05 bits per heavy atom. The summed E-state index contributed by atoms with van der Waals surface area (Å²) in [7, 11) is 0. The van der Waals surface area contributed by atoms with Crippen molar-refractivity contribution in [3.05, 3.63) is 28.8 Å². The minimum Gasteiger partial charge on any atom is -0.340 e. The lowest BCUT2D eigenvalue weighted by atomic mass is 9.91. The van der Waals surface area contributed by atoms with E-state index in [-0.39, 0.29) is 24.3 Å². The van der Waals surface area contributed by atoms with Crippen LogP contribution in [0, 0.1) is 12.8 Å². The first-order valence-corrected chi connectivity index (χ1v) is 7.19. The van der Waals surface area contributed by atoms with Gasteiger partial charge in [-0.1, -0.05) is 17.7 Å². The Bertz CT molecular complexity index is 598. The molecule has 5 heteroatoms. The molecule has 0 spiro atoms. The van der Waals surface area contributed by atoms with E-state index in [1.807, 2.05) is 32.0 Å². The Balaban J connectivity index is 1.99. The quantitative estimate of drug-likeness (QED) is 0.909. The summed E-state index contributed by atoms with van der Waals surface area (Å²) in [6, 6.07) is 5.52. The van der Waals surface area contributed by atoms with Crippen LogP contribution in [0.4, 0.5) is 5.69 Å². The summed E-state index contributed by atoms with van der Waals surface area (Å²) >= 11 is 6.24. The van der Waals surface area contributed by atoms with Crippen molar-refractivity contribution < 1.29 is 9.59 Å². The van der Waals surface area contributed by atoms with Crippen molar-refractivity contribution in [3.63, 3.8) is 0 Å². The number of benzene rings is 1. The fourth-order valence-corrected chi connectivity index (χ4v) is 3.18. The fraction of sp³-hybridized carbons (Fsp3) is 0.467. The number of anilines is 1. The van der Waals surface area contributed by atoms with Gasteiger partial charge in [-0.3, -0.25) is 14.5 Å². The number of carbonyl (C=O) groups is 2. The highest BCUT2D eigenvalue weighted by Crippen LogP contribution is 2.42. The van der Waals surface area contributed by atoms with Crippen LogP contribution in [-0.4, -0.2) is 23.9 Å². The van der Waals surface area contributed by atoms with Gasteiger partial charge in [-0.2, -0.15) is 0 Å². The molecule has 0 radical (unpaired) electrons. The van der Waals surface area contributed by atoms with Gasteiger partial charge in [-0.05, 0) is 50.3 Å². The van der Waals surface area contributed by atoms with E-state index in [9.17, 15) is 9.59 Å². The number of halogens is 1. The summed E-state index contributed by atoms with van der Waals surface area (Å²) in [5.74, 6) is 0.0481. The van der Waals surface area contributed by atoms with Crippen LogP contribution in [0.25, 0.3) is 0 Å². The third-order valence-corrected chi connectivity index (χ3v) is 4.48. The molecule has 1 saturated carbocycles. The molecular weight excluding hydrogens is 276 g/mol. The molecule has 0 aromatic heterocycles. The average Bonchev–Trinajstić information content (AvgIpc) is 3.18. The highest BCUT2D eigenvalue weighted by molar-refractivity contribution is 6.34. The summed E-state index contributed by atoms with van der Waals surface area (Å²) in [4.78, 5) is 26.2. The molecule has 2 amide bonds. The van der Waals surface area contributed by atoms with Gasteiger partial charge in [0.15, 0.2) is 0 Å². The molecular formula is C15H17ClN2O2. The molecule has 0 bridgehead atoms. The van der Waals surface area contributed by atoms with Crippen LogP contribution in [0.15, 0.2) is 18.2 Å². The van der Waals surface area contributed by atoms with Gasteiger partial charge >= 0.3 is 0 Å². The van der Waals surface area contributed by atoms with E-state index >= 15 is 0 Å². The van der Waals surface area contributed by atoms with Crippen molar-refractivity contribution in [1.29, 1.82) is 0 Å². The molecule has 2 fully saturated rings. The highest BCUT2D eigenvalue weighted by atomic mass is 35.5. The summed E-state index contributed by atoms with van der Waals surface area (Å²) in [5.41, 5.74) is 0.852. The van der Waals surface area contributed by atoms with E-state index in [4.69, 9.17) is 11.6 Å². The van der Waals surface area contributed by atoms with Crippen molar-refractivity contribution in [2.24, 2.45) is 5.92 Å². The predicted octanol–water partition coefficient (Wildman–Crippen LogP) is 2.28. The minimum absolute atomic E-state index is 0.0317. The van der Waals surface area contributed by atoms with Crippen molar-refractivity contribution in [2.45, 2.75) is 32.2 Å². The monoisotopic (exact) mass is 292 g/mol. The van der Waals surface area contributed by atoms with Gasteiger partial charge in [0.2, 0.25) is 5.91 Å². The van der Waals surface area contributed by atoms with Gasteiger partial charge in [0, 0.05) is 0 Å². The zero-order valence-corrected chi connectivity index (χ0v) is 12.3. The summed E-state index contributed by atoms with van der Waals surface area (Å²) in [5, 5.41) is 3.37.